The van der Waals surface area contributed by atoms with Gasteiger partial charge in [-0.2, -0.15) is 0 Å². The lowest BCUT2D eigenvalue weighted by atomic mass is 9.70. The fraction of sp³-hybridized carbons (Fsp3) is 0.733. The smallest absolute Gasteiger partial charge is 0.0686 e. The molecule has 2 heterocycles. The Bertz CT molecular complexity index is 372. The Balaban J connectivity index is 1.73. The van der Waals surface area contributed by atoms with Crippen molar-refractivity contribution in [3.63, 3.8) is 0 Å². The summed E-state index contributed by atoms with van der Waals surface area (Å²) in [7, 11) is 0. The minimum Gasteiger partial charge on any atom is -0.375 e. The molecular formula is C15H23NOS. The van der Waals surface area contributed by atoms with Gasteiger partial charge in [0.05, 0.1) is 5.60 Å². The first-order valence-corrected chi connectivity index (χ1v) is 8.12. The summed E-state index contributed by atoms with van der Waals surface area (Å²) < 4.78 is 6.05. The maximum Gasteiger partial charge on any atom is 0.0686 e. The molecule has 18 heavy (non-hydrogen) atoms. The number of thiophene rings is 1. The van der Waals surface area contributed by atoms with E-state index in [0.717, 1.165) is 19.1 Å². The van der Waals surface area contributed by atoms with Gasteiger partial charge in [0, 0.05) is 17.5 Å². The van der Waals surface area contributed by atoms with E-state index in [-0.39, 0.29) is 5.60 Å². The number of rotatable bonds is 4. The second-order valence-electron chi connectivity index (χ2n) is 5.69. The Kier molecular flexibility index (Phi) is 3.73. The summed E-state index contributed by atoms with van der Waals surface area (Å²) in [5.41, 5.74) is 0.258. The van der Waals surface area contributed by atoms with Crippen molar-refractivity contribution in [2.24, 2.45) is 5.92 Å². The molecule has 0 radical (unpaired) electrons. The Morgan fingerprint density at radius 2 is 2.44 bits per heavy atom. The molecule has 1 aliphatic carbocycles. The molecule has 1 spiro atoms. The highest BCUT2D eigenvalue weighted by molar-refractivity contribution is 7.10. The summed E-state index contributed by atoms with van der Waals surface area (Å²) in [6.07, 6.45) is 6.39. The zero-order valence-electron chi connectivity index (χ0n) is 11.2. The molecule has 3 rings (SSSR count). The molecule has 1 saturated carbocycles. The third-order valence-corrected chi connectivity index (χ3v) is 5.50. The predicted molar refractivity (Wildman–Crippen MR) is 76.0 cm³/mol. The molecule has 1 aliphatic heterocycles. The van der Waals surface area contributed by atoms with E-state index in [2.05, 4.69) is 29.8 Å². The summed E-state index contributed by atoms with van der Waals surface area (Å²) in [5.74, 6) is 0.748. The third-order valence-electron chi connectivity index (χ3n) is 4.54. The fourth-order valence-corrected chi connectivity index (χ4v) is 4.35. The molecule has 1 aromatic heterocycles. The van der Waals surface area contributed by atoms with E-state index in [0.29, 0.717) is 6.04 Å². The van der Waals surface area contributed by atoms with E-state index >= 15 is 0 Å². The van der Waals surface area contributed by atoms with E-state index in [1.807, 2.05) is 11.3 Å². The van der Waals surface area contributed by atoms with Gasteiger partial charge in [-0.1, -0.05) is 13.0 Å². The third kappa shape index (κ3) is 2.36. The molecule has 1 N–H and O–H groups in total. The molecule has 2 nitrogen and oxygen atoms in total. The average Bonchev–Trinajstić information content (AvgIpc) is 2.88. The quantitative estimate of drug-likeness (QED) is 0.895. The predicted octanol–water partition coefficient (Wildman–Crippen LogP) is 3.75. The first-order valence-electron chi connectivity index (χ1n) is 7.24. The summed E-state index contributed by atoms with van der Waals surface area (Å²) in [6, 6.07) is 4.99. The van der Waals surface area contributed by atoms with Crippen LogP contribution in [-0.2, 0) is 4.74 Å². The van der Waals surface area contributed by atoms with Crippen LogP contribution in [-0.4, -0.2) is 18.8 Å². The number of hydrogen-bond acceptors (Lipinski definition) is 3. The van der Waals surface area contributed by atoms with Crippen LogP contribution in [0.5, 0.6) is 0 Å². The van der Waals surface area contributed by atoms with E-state index in [9.17, 15) is 0 Å². The second kappa shape index (κ2) is 5.32. The maximum atomic E-state index is 6.05. The van der Waals surface area contributed by atoms with Gasteiger partial charge in [-0.05, 0) is 56.0 Å². The zero-order chi connectivity index (χ0) is 12.4. The summed E-state index contributed by atoms with van der Waals surface area (Å²) >= 11 is 1.89. The van der Waals surface area contributed by atoms with Crippen LogP contribution in [0.1, 0.15) is 49.9 Å². The van der Waals surface area contributed by atoms with Crippen molar-refractivity contribution in [3.8, 4) is 0 Å². The van der Waals surface area contributed by atoms with Gasteiger partial charge in [-0.15, -0.1) is 11.3 Å². The highest BCUT2D eigenvalue weighted by Crippen LogP contribution is 2.47. The van der Waals surface area contributed by atoms with Crippen LogP contribution in [0.2, 0.25) is 0 Å². The molecule has 1 aromatic rings. The lowest BCUT2D eigenvalue weighted by Gasteiger charge is -2.48. The van der Waals surface area contributed by atoms with Crippen LogP contribution >= 0.6 is 11.3 Å². The minimum absolute atomic E-state index is 0.258. The summed E-state index contributed by atoms with van der Waals surface area (Å²) in [4.78, 5) is 1.50. The highest BCUT2D eigenvalue weighted by Gasteiger charge is 2.44. The second-order valence-corrected chi connectivity index (χ2v) is 6.67. The van der Waals surface area contributed by atoms with Crippen LogP contribution in [0.25, 0.3) is 0 Å². The van der Waals surface area contributed by atoms with Crippen molar-refractivity contribution in [1.29, 1.82) is 0 Å². The van der Waals surface area contributed by atoms with Crippen LogP contribution in [0, 0.1) is 5.92 Å². The first kappa shape index (κ1) is 12.6. The van der Waals surface area contributed by atoms with Gasteiger partial charge >= 0.3 is 0 Å². The Labute approximate surface area is 114 Å². The molecule has 2 atom stereocenters. The maximum absolute atomic E-state index is 6.05. The van der Waals surface area contributed by atoms with Gasteiger partial charge in [0.25, 0.3) is 0 Å². The highest BCUT2D eigenvalue weighted by atomic mass is 32.1. The van der Waals surface area contributed by atoms with E-state index in [4.69, 9.17) is 4.74 Å². The van der Waals surface area contributed by atoms with Crippen molar-refractivity contribution in [2.45, 2.75) is 50.7 Å². The number of ether oxygens (including phenoxy) is 1. The van der Waals surface area contributed by atoms with E-state index in [1.54, 1.807) is 0 Å². The van der Waals surface area contributed by atoms with Gasteiger partial charge in [0.1, 0.15) is 0 Å². The molecule has 1 saturated heterocycles. The van der Waals surface area contributed by atoms with Crippen molar-refractivity contribution < 1.29 is 4.74 Å². The monoisotopic (exact) mass is 265 g/mol. The van der Waals surface area contributed by atoms with Crippen LogP contribution in [0.15, 0.2) is 17.5 Å². The standard InChI is InChI=1S/C15H23NOS/c1-2-16-14(13-5-3-10-18-13)12-6-9-17-15(11-12)7-4-8-15/h3,5,10,12,14,16H,2,4,6-9,11H2,1H3. The summed E-state index contributed by atoms with van der Waals surface area (Å²) in [5, 5.41) is 5.89. The minimum atomic E-state index is 0.258. The molecule has 2 unspecified atom stereocenters. The number of hydrogen-bond donors (Lipinski definition) is 1. The molecule has 2 aliphatic rings. The first-order chi connectivity index (χ1) is 8.83. The molecule has 0 amide bonds. The van der Waals surface area contributed by atoms with Gasteiger partial charge in [0.2, 0.25) is 0 Å². The number of nitrogens with one attached hydrogen (secondary N) is 1. The van der Waals surface area contributed by atoms with Crippen molar-refractivity contribution in [2.75, 3.05) is 13.2 Å². The van der Waals surface area contributed by atoms with Crippen LogP contribution in [0.3, 0.4) is 0 Å². The van der Waals surface area contributed by atoms with Gasteiger partial charge in [-0.3, -0.25) is 0 Å². The zero-order valence-corrected chi connectivity index (χ0v) is 12.0. The van der Waals surface area contributed by atoms with E-state index in [1.165, 1.54) is 37.0 Å². The van der Waals surface area contributed by atoms with Gasteiger partial charge in [0.15, 0.2) is 0 Å². The average molecular weight is 265 g/mol. The van der Waals surface area contributed by atoms with Crippen LogP contribution < -0.4 is 5.32 Å². The molecular weight excluding hydrogens is 242 g/mol. The molecule has 2 fully saturated rings. The van der Waals surface area contributed by atoms with Crippen LogP contribution in [0.4, 0.5) is 0 Å². The normalized spacial score (nSPS) is 27.9. The Morgan fingerprint density at radius 1 is 1.56 bits per heavy atom. The molecule has 3 heteroatoms. The molecule has 0 bridgehead atoms. The largest absolute Gasteiger partial charge is 0.375 e. The fourth-order valence-electron chi connectivity index (χ4n) is 3.46. The Hall–Kier alpha value is -0.380. The lowest BCUT2D eigenvalue weighted by molar-refractivity contribution is -0.147. The van der Waals surface area contributed by atoms with Gasteiger partial charge < -0.3 is 10.1 Å². The molecule has 100 valence electrons. The van der Waals surface area contributed by atoms with Crippen molar-refractivity contribution >= 4 is 11.3 Å². The van der Waals surface area contributed by atoms with E-state index < -0.39 is 0 Å². The van der Waals surface area contributed by atoms with Crippen molar-refractivity contribution in [3.05, 3.63) is 22.4 Å². The molecule has 0 aromatic carbocycles. The Morgan fingerprint density at radius 3 is 3.06 bits per heavy atom. The summed E-state index contributed by atoms with van der Waals surface area (Å²) in [6.45, 7) is 4.21. The van der Waals surface area contributed by atoms with Gasteiger partial charge in [-0.25, -0.2) is 0 Å². The SMILES string of the molecule is CCNC(c1cccs1)C1CCOC2(CCC2)C1. The lowest BCUT2D eigenvalue weighted by Crippen LogP contribution is -2.47. The van der Waals surface area contributed by atoms with Crippen molar-refractivity contribution in [1.82, 2.24) is 5.32 Å². The topological polar surface area (TPSA) is 21.3 Å².